The van der Waals surface area contributed by atoms with Gasteiger partial charge in [0, 0.05) is 42.7 Å². The first kappa shape index (κ1) is 22.2. The number of aromatic nitrogens is 1. The zero-order valence-corrected chi connectivity index (χ0v) is 18.8. The van der Waals surface area contributed by atoms with Crippen molar-refractivity contribution in [3.05, 3.63) is 35.7 Å². The van der Waals surface area contributed by atoms with Gasteiger partial charge in [0.15, 0.2) is 11.5 Å². The number of hydrogen-bond acceptors (Lipinski definition) is 6. The van der Waals surface area contributed by atoms with Crippen LogP contribution in [-0.2, 0) is 4.79 Å². The van der Waals surface area contributed by atoms with Crippen molar-refractivity contribution in [3.8, 4) is 11.5 Å². The van der Waals surface area contributed by atoms with Crippen molar-refractivity contribution in [2.45, 2.75) is 50.9 Å². The molecule has 8 heteroatoms. The lowest BCUT2D eigenvalue weighted by atomic mass is 9.87. The Morgan fingerprint density at radius 3 is 2.56 bits per heavy atom. The monoisotopic (exact) mass is 441 g/mol. The average molecular weight is 442 g/mol. The molecule has 2 fully saturated rings. The van der Waals surface area contributed by atoms with Crippen LogP contribution in [0.3, 0.4) is 0 Å². The molecule has 0 radical (unpaired) electrons. The van der Waals surface area contributed by atoms with Crippen molar-refractivity contribution >= 4 is 17.5 Å². The van der Waals surface area contributed by atoms with Crippen LogP contribution in [0, 0.1) is 5.92 Å². The second-order valence-corrected chi connectivity index (χ2v) is 8.60. The van der Waals surface area contributed by atoms with E-state index in [1.807, 2.05) is 4.90 Å². The largest absolute Gasteiger partial charge is 0.493 e. The van der Waals surface area contributed by atoms with Crippen molar-refractivity contribution < 1.29 is 23.6 Å². The Kier molecular flexibility index (Phi) is 6.97. The van der Waals surface area contributed by atoms with Crippen LogP contribution in [0.15, 0.2) is 28.8 Å². The van der Waals surface area contributed by atoms with Crippen molar-refractivity contribution in [1.82, 2.24) is 10.1 Å². The molecule has 1 atom stereocenters. The number of hydrogen-bond donors (Lipinski definition) is 1. The molecule has 1 aromatic heterocycles. The molecule has 1 aliphatic carbocycles. The Labute approximate surface area is 188 Å². The molecular weight excluding hydrogens is 410 g/mol. The van der Waals surface area contributed by atoms with Gasteiger partial charge in [0.2, 0.25) is 11.7 Å². The molecule has 1 saturated carbocycles. The van der Waals surface area contributed by atoms with Crippen LogP contribution in [0.5, 0.6) is 11.5 Å². The lowest BCUT2D eigenvalue weighted by Gasteiger charge is -2.35. The van der Waals surface area contributed by atoms with E-state index in [2.05, 4.69) is 10.5 Å². The summed E-state index contributed by atoms with van der Waals surface area (Å²) in [4.78, 5) is 27.6. The third-order valence-electron chi connectivity index (χ3n) is 6.50. The van der Waals surface area contributed by atoms with Crippen molar-refractivity contribution in [2.75, 3.05) is 32.6 Å². The van der Waals surface area contributed by atoms with Crippen LogP contribution >= 0.6 is 0 Å². The SMILES string of the molecule is COc1ccc(NC(=O)c2cc(C3CCCN(C(=O)C4CCCCC4)C3)no2)cc1OC. The molecule has 1 saturated heterocycles. The van der Waals surface area contributed by atoms with Crippen molar-refractivity contribution in [3.63, 3.8) is 0 Å². The Morgan fingerprint density at radius 2 is 1.81 bits per heavy atom. The lowest BCUT2D eigenvalue weighted by Crippen LogP contribution is -2.42. The maximum absolute atomic E-state index is 12.9. The summed E-state index contributed by atoms with van der Waals surface area (Å²) in [6, 6.07) is 6.83. The molecule has 1 unspecified atom stereocenters. The highest BCUT2D eigenvalue weighted by molar-refractivity contribution is 6.02. The van der Waals surface area contributed by atoms with Gasteiger partial charge in [-0.15, -0.1) is 0 Å². The van der Waals surface area contributed by atoms with Gasteiger partial charge in [0.25, 0.3) is 5.91 Å². The smallest absolute Gasteiger partial charge is 0.294 e. The summed E-state index contributed by atoms with van der Waals surface area (Å²) in [7, 11) is 3.10. The van der Waals surface area contributed by atoms with Crippen LogP contribution in [-0.4, -0.2) is 49.2 Å². The number of nitrogens with one attached hydrogen (secondary N) is 1. The molecule has 0 bridgehead atoms. The molecule has 1 aliphatic heterocycles. The fraction of sp³-hybridized carbons (Fsp3) is 0.542. The number of ether oxygens (including phenoxy) is 2. The molecule has 4 rings (SSSR count). The van der Waals surface area contributed by atoms with E-state index in [0.717, 1.165) is 50.8 Å². The highest BCUT2D eigenvalue weighted by Crippen LogP contribution is 2.32. The molecule has 32 heavy (non-hydrogen) atoms. The van der Waals surface area contributed by atoms with E-state index in [1.54, 1.807) is 38.5 Å². The standard InChI is InChI=1S/C24H31N3O5/c1-30-20-11-10-18(13-21(20)31-2)25-23(28)22-14-19(26-32-22)17-9-6-12-27(15-17)24(29)16-7-4-3-5-8-16/h10-11,13-14,16-17H,3-9,12,15H2,1-2H3,(H,25,28). The first-order valence-electron chi connectivity index (χ1n) is 11.4. The number of benzene rings is 1. The summed E-state index contributed by atoms with van der Waals surface area (Å²) in [6.07, 6.45) is 7.40. The lowest BCUT2D eigenvalue weighted by molar-refractivity contribution is -0.137. The quantitative estimate of drug-likeness (QED) is 0.721. The van der Waals surface area contributed by atoms with Gasteiger partial charge in [0.05, 0.1) is 19.9 Å². The Balaban J connectivity index is 1.39. The minimum Gasteiger partial charge on any atom is -0.493 e. The third-order valence-corrected chi connectivity index (χ3v) is 6.50. The number of carbonyl (C=O) groups is 2. The molecule has 2 aromatic rings. The topological polar surface area (TPSA) is 93.9 Å². The number of amides is 2. The zero-order chi connectivity index (χ0) is 22.5. The highest BCUT2D eigenvalue weighted by Gasteiger charge is 2.31. The average Bonchev–Trinajstić information content (AvgIpc) is 3.35. The van der Waals surface area contributed by atoms with Gasteiger partial charge in [-0.25, -0.2) is 0 Å². The second-order valence-electron chi connectivity index (χ2n) is 8.60. The number of likely N-dealkylation sites (tertiary alicyclic amines) is 1. The summed E-state index contributed by atoms with van der Waals surface area (Å²) in [5.74, 6) is 1.40. The number of carbonyl (C=O) groups excluding carboxylic acids is 2. The van der Waals surface area contributed by atoms with Crippen molar-refractivity contribution in [1.29, 1.82) is 0 Å². The van der Waals surface area contributed by atoms with Crippen LogP contribution in [0.25, 0.3) is 0 Å². The van der Waals surface area contributed by atoms with E-state index in [1.165, 1.54) is 6.42 Å². The van der Waals surface area contributed by atoms with Gasteiger partial charge in [0.1, 0.15) is 0 Å². The van der Waals surface area contributed by atoms with E-state index >= 15 is 0 Å². The summed E-state index contributed by atoms with van der Waals surface area (Å²) in [5.41, 5.74) is 1.29. The maximum atomic E-state index is 12.9. The summed E-state index contributed by atoms with van der Waals surface area (Å²) >= 11 is 0. The van der Waals surface area contributed by atoms with Gasteiger partial charge in [-0.2, -0.15) is 0 Å². The first-order chi connectivity index (χ1) is 15.6. The van der Waals surface area contributed by atoms with Gasteiger partial charge in [-0.3, -0.25) is 9.59 Å². The van der Waals surface area contributed by atoms with Gasteiger partial charge in [-0.05, 0) is 37.8 Å². The fourth-order valence-corrected chi connectivity index (χ4v) is 4.72. The van der Waals surface area contributed by atoms with E-state index in [0.29, 0.717) is 23.7 Å². The molecule has 1 aromatic carbocycles. The molecule has 8 nitrogen and oxygen atoms in total. The van der Waals surface area contributed by atoms with E-state index in [9.17, 15) is 9.59 Å². The predicted octanol–water partition coefficient (Wildman–Crippen LogP) is 4.23. The number of rotatable bonds is 6. The minimum absolute atomic E-state index is 0.0858. The Morgan fingerprint density at radius 1 is 1.03 bits per heavy atom. The van der Waals surface area contributed by atoms with Crippen molar-refractivity contribution in [2.24, 2.45) is 5.92 Å². The molecule has 2 aliphatic rings. The van der Waals surface area contributed by atoms with Crippen LogP contribution in [0.1, 0.15) is 67.1 Å². The molecule has 2 amide bonds. The summed E-state index contributed by atoms with van der Waals surface area (Å²) in [5, 5.41) is 6.95. The molecule has 1 N–H and O–H groups in total. The number of piperidine rings is 1. The van der Waals surface area contributed by atoms with E-state index < -0.39 is 0 Å². The molecular formula is C24H31N3O5. The number of nitrogens with zero attached hydrogens (tertiary/aromatic N) is 2. The first-order valence-corrected chi connectivity index (χ1v) is 11.4. The molecule has 2 heterocycles. The molecule has 172 valence electrons. The van der Waals surface area contributed by atoms with Crippen LogP contribution in [0.2, 0.25) is 0 Å². The molecule has 0 spiro atoms. The van der Waals surface area contributed by atoms with Gasteiger partial charge in [-0.1, -0.05) is 24.4 Å². The number of methoxy groups -OCH3 is 2. The summed E-state index contributed by atoms with van der Waals surface area (Å²) in [6.45, 7) is 1.44. The number of anilines is 1. The summed E-state index contributed by atoms with van der Waals surface area (Å²) < 4.78 is 15.8. The van der Waals surface area contributed by atoms with Crippen LogP contribution in [0.4, 0.5) is 5.69 Å². The highest BCUT2D eigenvalue weighted by atomic mass is 16.5. The van der Waals surface area contributed by atoms with Gasteiger partial charge >= 0.3 is 0 Å². The predicted molar refractivity (Wildman–Crippen MR) is 119 cm³/mol. The Bertz CT molecular complexity index is 951. The Hall–Kier alpha value is -3.03. The second kappa shape index (κ2) is 10.1. The normalized spacial score (nSPS) is 19.4. The van der Waals surface area contributed by atoms with Gasteiger partial charge < -0.3 is 24.2 Å². The van der Waals surface area contributed by atoms with E-state index in [4.69, 9.17) is 14.0 Å². The third kappa shape index (κ3) is 4.89. The van der Waals surface area contributed by atoms with E-state index in [-0.39, 0.29) is 29.4 Å². The minimum atomic E-state index is -0.387. The zero-order valence-electron chi connectivity index (χ0n) is 18.8. The van der Waals surface area contributed by atoms with Crippen LogP contribution < -0.4 is 14.8 Å². The fourth-order valence-electron chi connectivity index (χ4n) is 4.72. The maximum Gasteiger partial charge on any atom is 0.294 e.